The maximum atomic E-state index is 5.73. The molecule has 1 saturated carbocycles. The average Bonchev–Trinajstić information content (AvgIpc) is 2.85. The zero-order valence-corrected chi connectivity index (χ0v) is 9.96. The lowest BCUT2D eigenvalue weighted by Crippen LogP contribution is -2.39. The summed E-state index contributed by atoms with van der Waals surface area (Å²) in [5.74, 6) is 2.85. The molecule has 2 aliphatic rings. The molecule has 2 rings (SSSR count). The molecule has 0 amide bonds. The topological polar surface area (TPSA) is 21.3 Å². The Labute approximate surface area is 93.1 Å². The minimum atomic E-state index is 0.481. The maximum Gasteiger partial charge on any atom is 0.109 e. The Balaban J connectivity index is 2.04. The van der Waals surface area contributed by atoms with Crippen molar-refractivity contribution in [3.05, 3.63) is 11.8 Å². The van der Waals surface area contributed by atoms with Crippen LogP contribution >= 0.6 is 0 Å². The maximum absolute atomic E-state index is 5.73. The summed E-state index contributed by atoms with van der Waals surface area (Å²) in [4.78, 5) is 0. The molecule has 2 heteroatoms. The molecule has 0 aromatic carbocycles. The van der Waals surface area contributed by atoms with E-state index in [2.05, 4.69) is 25.2 Å². The Morgan fingerprint density at radius 3 is 2.93 bits per heavy atom. The first kappa shape index (κ1) is 11.0. The lowest BCUT2D eigenvalue weighted by molar-refractivity contribution is 0.182. The van der Waals surface area contributed by atoms with Crippen LogP contribution in [0.2, 0.25) is 0 Å². The van der Waals surface area contributed by atoms with Crippen molar-refractivity contribution in [2.45, 2.75) is 45.6 Å². The SMILES string of the molecule is CCNC(C1=CCCO1)C1CCCC1C. The Bertz CT molecular complexity index is 237. The molecule has 15 heavy (non-hydrogen) atoms. The summed E-state index contributed by atoms with van der Waals surface area (Å²) in [7, 11) is 0. The van der Waals surface area contributed by atoms with Gasteiger partial charge in [-0.1, -0.05) is 26.7 Å². The van der Waals surface area contributed by atoms with E-state index >= 15 is 0 Å². The van der Waals surface area contributed by atoms with Gasteiger partial charge >= 0.3 is 0 Å². The molecule has 0 aromatic rings. The van der Waals surface area contributed by atoms with Gasteiger partial charge in [0.05, 0.1) is 12.6 Å². The van der Waals surface area contributed by atoms with Gasteiger partial charge in [-0.25, -0.2) is 0 Å². The molecule has 0 aromatic heterocycles. The van der Waals surface area contributed by atoms with Crippen LogP contribution in [0.25, 0.3) is 0 Å². The van der Waals surface area contributed by atoms with Crippen molar-refractivity contribution in [1.29, 1.82) is 0 Å². The van der Waals surface area contributed by atoms with Crippen molar-refractivity contribution >= 4 is 0 Å². The Kier molecular flexibility index (Phi) is 3.68. The van der Waals surface area contributed by atoms with Crippen molar-refractivity contribution in [2.24, 2.45) is 11.8 Å². The third kappa shape index (κ3) is 2.36. The average molecular weight is 209 g/mol. The van der Waals surface area contributed by atoms with E-state index in [1.54, 1.807) is 0 Å². The molecular formula is C13H23NO. The molecule has 1 aliphatic carbocycles. The van der Waals surface area contributed by atoms with E-state index < -0.39 is 0 Å². The van der Waals surface area contributed by atoms with Crippen molar-refractivity contribution in [2.75, 3.05) is 13.2 Å². The molecule has 0 bridgehead atoms. The highest BCUT2D eigenvalue weighted by Crippen LogP contribution is 2.36. The van der Waals surface area contributed by atoms with Gasteiger partial charge in [0.25, 0.3) is 0 Å². The smallest absolute Gasteiger partial charge is 0.109 e. The van der Waals surface area contributed by atoms with Crippen LogP contribution in [0.4, 0.5) is 0 Å². The summed E-state index contributed by atoms with van der Waals surface area (Å²) >= 11 is 0. The van der Waals surface area contributed by atoms with Gasteiger partial charge in [0, 0.05) is 6.42 Å². The number of ether oxygens (including phenoxy) is 1. The molecule has 2 nitrogen and oxygen atoms in total. The fraction of sp³-hybridized carbons (Fsp3) is 0.846. The van der Waals surface area contributed by atoms with E-state index in [0.29, 0.717) is 6.04 Å². The van der Waals surface area contributed by atoms with Crippen LogP contribution in [0, 0.1) is 11.8 Å². The van der Waals surface area contributed by atoms with Gasteiger partial charge in [-0.15, -0.1) is 0 Å². The molecule has 0 spiro atoms. The minimum absolute atomic E-state index is 0.481. The summed E-state index contributed by atoms with van der Waals surface area (Å²) in [5.41, 5.74) is 0. The second-order valence-corrected chi connectivity index (χ2v) is 4.85. The Morgan fingerprint density at radius 2 is 2.40 bits per heavy atom. The highest BCUT2D eigenvalue weighted by molar-refractivity contribution is 5.10. The van der Waals surface area contributed by atoms with Crippen molar-refractivity contribution in [3.8, 4) is 0 Å². The van der Waals surface area contributed by atoms with Crippen LogP contribution in [0.1, 0.15) is 39.5 Å². The van der Waals surface area contributed by atoms with Gasteiger partial charge in [-0.05, 0) is 30.9 Å². The first-order valence-electron chi connectivity index (χ1n) is 6.39. The molecule has 0 radical (unpaired) electrons. The zero-order chi connectivity index (χ0) is 10.7. The normalized spacial score (nSPS) is 32.5. The van der Waals surface area contributed by atoms with Crippen LogP contribution in [0.15, 0.2) is 11.8 Å². The van der Waals surface area contributed by atoms with Gasteiger partial charge in [0.1, 0.15) is 5.76 Å². The third-order valence-corrected chi connectivity index (χ3v) is 3.82. The lowest BCUT2D eigenvalue weighted by atomic mass is 9.89. The first-order valence-corrected chi connectivity index (χ1v) is 6.39. The van der Waals surface area contributed by atoms with Gasteiger partial charge in [0.2, 0.25) is 0 Å². The molecule has 3 atom stereocenters. The van der Waals surface area contributed by atoms with E-state index in [1.165, 1.54) is 25.0 Å². The second-order valence-electron chi connectivity index (χ2n) is 4.85. The molecule has 1 N–H and O–H groups in total. The fourth-order valence-electron chi connectivity index (χ4n) is 3.01. The van der Waals surface area contributed by atoms with E-state index in [0.717, 1.165) is 31.4 Å². The van der Waals surface area contributed by atoms with Crippen molar-refractivity contribution < 1.29 is 4.74 Å². The van der Waals surface area contributed by atoms with Crippen LogP contribution < -0.4 is 5.32 Å². The second kappa shape index (κ2) is 5.02. The monoisotopic (exact) mass is 209 g/mol. The summed E-state index contributed by atoms with van der Waals surface area (Å²) < 4.78 is 5.73. The molecule has 1 aliphatic heterocycles. The Morgan fingerprint density at radius 1 is 1.53 bits per heavy atom. The number of hydrogen-bond donors (Lipinski definition) is 1. The number of nitrogens with one attached hydrogen (secondary N) is 1. The highest BCUT2D eigenvalue weighted by Gasteiger charge is 2.34. The largest absolute Gasteiger partial charge is 0.496 e. The predicted octanol–water partition coefficient (Wildman–Crippen LogP) is 2.70. The standard InChI is InChI=1S/C13H23NO/c1-3-14-13(12-8-5-9-15-12)11-7-4-6-10(11)2/h8,10-11,13-14H,3-7,9H2,1-2H3. The van der Waals surface area contributed by atoms with E-state index in [4.69, 9.17) is 4.74 Å². The van der Waals surface area contributed by atoms with Crippen molar-refractivity contribution in [1.82, 2.24) is 5.32 Å². The number of rotatable bonds is 4. The van der Waals surface area contributed by atoms with Crippen LogP contribution in [0.5, 0.6) is 0 Å². The lowest BCUT2D eigenvalue weighted by Gasteiger charge is -2.28. The fourth-order valence-corrected chi connectivity index (χ4v) is 3.01. The van der Waals surface area contributed by atoms with Gasteiger partial charge in [0.15, 0.2) is 0 Å². The van der Waals surface area contributed by atoms with Crippen LogP contribution in [-0.2, 0) is 4.74 Å². The molecule has 3 unspecified atom stereocenters. The summed E-state index contributed by atoms with van der Waals surface area (Å²) in [6, 6.07) is 0.481. The molecule has 0 saturated heterocycles. The van der Waals surface area contributed by atoms with Gasteiger partial charge in [-0.2, -0.15) is 0 Å². The highest BCUT2D eigenvalue weighted by atomic mass is 16.5. The third-order valence-electron chi connectivity index (χ3n) is 3.82. The summed E-state index contributed by atoms with van der Waals surface area (Å²) in [6.07, 6.45) is 7.51. The quantitative estimate of drug-likeness (QED) is 0.768. The Hall–Kier alpha value is -0.500. The first-order chi connectivity index (χ1) is 7.33. The van der Waals surface area contributed by atoms with E-state index in [1.807, 2.05) is 0 Å². The zero-order valence-electron chi connectivity index (χ0n) is 9.96. The van der Waals surface area contributed by atoms with Crippen LogP contribution in [-0.4, -0.2) is 19.2 Å². The molecular weight excluding hydrogens is 186 g/mol. The summed E-state index contributed by atoms with van der Waals surface area (Å²) in [6.45, 7) is 6.49. The number of hydrogen-bond acceptors (Lipinski definition) is 2. The summed E-state index contributed by atoms with van der Waals surface area (Å²) in [5, 5.41) is 3.60. The predicted molar refractivity (Wildman–Crippen MR) is 62.6 cm³/mol. The minimum Gasteiger partial charge on any atom is -0.496 e. The van der Waals surface area contributed by atoms with Gasteiger partial charge < -0.3 is 10.1 Å². The molecule has 1 heterocycles. The van der Waals surface area contributed by atoms with E-state index in [-0.39, 0.29) is 0 Å². The van der Waals surface area contributed by atoms with Crippen LogP contribution in [0.3, 0.4) is 0 Å². The molecule has 86 valence electrons. The van der Waals surface area contributed by atoms with Crippen molar-refractivity contribution in [3.63, 3.8) is 0 Å². The number of likely N-dealkylation sites (N-methyl/N-ethyl adjacent to an activating group) is 1. The molecule has 1 fully saturated rings. The van der Waals surface area contributed by atoms with Gasteiger partial charge in [-0.3, -0.25) is 0 Å². The van der Waals surface area contributed by atoms with E-state index in [9.17, 15) is 0 Å².